The van der Waals surface area contributed by atoms with E-state index in [1.165, 1.54) is 0 Å². The molecule has 84 valence electrons. The second-order valence-electron chi connectivity index (χ2n) is 3.69. The molecule has 4 heteroatoms. The Morgan fingerprint density at radius 2 is 1.60 bits per heavy atom. The van der Waals surface area contributed by atoms with Gasteiger partial charge in [-0.1, -0.05) is 30.3 Å². The van der Waals surface area contributed by atoms with Gasteiger partial charge in [0.25, 0.3) is 10.1 Å². The Morgan fingerprint density at radius 1 is 1.07 bits per heavy atom. The summed E-state index contributed by atoms with van der Waals surface area (Å²) in [6.45, 7) is 5.04. The van der Waals surface area contributed by atoms with Gasteiger partial charge in [0, 0.05) is 0 Å². The first kappa shape index (κ1) is 12.2. The maximum Gasteiger partial charge on any atom is 0.274 e. The van der Waals surface area contributed by atoms with Crippen LogP contribution in [0.5, 0.6) is 0 Å². The number of hydrogen-bond donors (Lipinski definition) is 0. The van der Waals surface area contributed by atoms with Crippen LogP contribution in [-0.2, 0) is 14.3 Å². The maximum atomic E-state index is 11.7. The number of rotatable bonds is 4. The molecule has 1 atom stereocenters. The van der Waals surface area contributed by atoms with Crippen LogP contribution >= 0.6 is 0 Å². The Morgan fingerprint density at radius 3 is 2.07 bits per heavy atom. The molecule has 0 spiro atoms. The first-order valence-corrected chi connectivity index (χ1v) is 6.37. The molecule has 1 aromatic carbocycles. The quantitative estimate of drug-likeness (QED) is 0.744. The molecule has 0 amide bonds. The summed E-state index contributed by atoms with van der Waals surface area (Å²) in [5.41, 5.74) is 0.748. The maximum absolute atomic E-state index is 11.7. The summed E-state index contributed by atoms with van der Waals surface area (Å²) in [6.07, 6.45) is -0.318. The minimum atomic E-state index is -3.51. The van der Waals surface area contributed by atoms with Crippen LogP contribution in [0.25, 0.3) is 0 Å². The van der Waals surface area contributed by atoms with E-state index in [-0.39, 0.29) is 6.10 Å². The summed E-state index contributed by atoms with van der Waals surface area (Å²) in [5.74, 6) is 0. The van der Waals surface area contributed by atoms with Crippen molar-refractivity contribution in [2.45, 2.75) is 32.1 Å². The van der Waals surface area contributed by atoms with Crippen LogP contribution in [-0.4, -0.2) is 14.5 Å². The third-order valence-electron chi connectivity index (χ3n) is 2.03. The van der Waals surface area contributed by atoms with Gasteiger partial charge in [0.2, 0.25) is 0 Å². The Labute approximate surface area is 91.2 Å². The molecule has 0 aliphatic rings. The molecule has 0 bridgehead atoms. The Hall–Kier alpha value is -0.870. The van der Waals surface area contributed by atoms with E-state index in [0.29, 0.717) is 0 Å². The summed E-state index contributed by atoms with van der Waals surface area (Å²) in [6, 6.07) is 9.05. The molecule has 0 heterocycles. The van der Waals surface area contributed by atoms with Crippen molar-refractivity contribution in [3.8, 4) is 0 Å². The average Bonchev–Trinajstić information content (AvgIpc) is 2.16. The van der Waals surface area contributed by atoms with Crippen LogP contribution < -0.4 is 0 Å². The smallest absolute Gasteiger partial charge is 0.267 e. The van der Waals surface area contributed by atoms with Crippen molar-refractivity contribution < 1.29 is 12.6 Å². The molecule has 1 rings (SSSR count). The van der Waals surface area contributed by atoms with Gasteiger partial charge in [-0.25, -0.2) is 0 Å². The molecule has 1 unspecified atom stereocenters. The van der Waals surface area contributed by atoms with Crippen LogP contribution in [0.15, 0.2) is 30.3 Å². The number of benzene rings is 1. The largest absolute Gasteiger partial charge is 0.274 e. The van der Waals surface area contributed by atoms with Gasteiger partial charge < -0.3 is 0 Å². The van der Waals surface area contributed by atoms with E-state index in [9.17, 15) is 8.42 Å². The van der Waals surface area contributed by atoms with Crippen molar-refractivity contribution in [3.05, 3.63) is 35.9 Å². The lowest BCUT2D eigenvalue weighted by molar-refractivity contribution is 0.245. The fourth-order valence-corrected chi connectivity index (χ4v) is 2.44. The zero-order chi connectivity index (χ0) is 11.5. The third-order valence-corrected chi connectivity index (χ3v) is 3.82. The molecule has 0 saturated heterocycles. The van der Waals surface area contributed by atoms with Gasteiger partial charge in [0.15, 0.2) is 0 Å². The van der Waals surface area contributed by atoms with Crippen LogP contribution in [0.4, 0.5) is 0 Å². The molecule has 1 aromatic rings. The molecular formula is C11H16O3S. The fraction of sp³-hybridized carbons (Fsp3) is 0.455. The van der Waals surface area contributed by atoms with E-state index >= 15 is 0 Å². The average molecular weight is 228 g/mol. The minimum Gasteiger partial charge on any atom is -0.267 e. The summed E-state index contributed by atoms with van der Waals surface area (Å²) in [7, 11) is -3.51. The Kier molecular flexibility index (Phi) is 3.88. The predicted molar refractivity (Wildman–Crippen MR) is 60.0 cm³/mol. The van der Waals surface area contributed by atoms with Gasteiger partial charge in [-0.3, -0.25) is 4.18 Å². The highest BCUT2D eigenvalue weighted by Crippen LogP contribution is 2.23. The van der Waals surface area contributed by atoms with Crippen molar-refractivity contribution in [1.29, 1.82) is 0 Å². The van der Waals surface area contributed by atoms with E-state index in [1.54, 1.807) is 32.9 Å². The van der Waals surface area contributed by atoms with Gasteiger partial charge in [-0.2, -0.15) is 8.42 Å². The highest BCUT2D eigenvalue weighted by Gasteiger charge is 2.24. The Balaban J connectivity index is 2.90. The summed E-state index contributed by atoms with van der Waals surface area (Å²) >= 11 is 0. The zero-order valence-corrected chi connectivity index (χ0v) is 9.99. The minimum absolute atomic E-state index is 0.318. The van der Waals surface area contributed by atoms with E-state index in [1.807, 2.05) is 18.2 Å². The van der Waals surface area contributed by atoms with E-state index < -0.39 is 15.4 Å². The van der Waals surface area contributed by atoms with Crippen molar-refractivity contribution >= 4 is 10.1 Å². The van der Waals surface area contributed by atoms with Gasteiger partial charge in [-0.05, 0) is 26.3 Å². The van der Waals surface area contributed by atoms with E-state index in [0.717, 1.165) is 5.56 Å². The van der Waals surface area contributed by atoms with E-state index in [2.05, 4.69) is 0 Å². The lowest BCUT2D eigenvalue weighted by Gasteiger charge is -2.14. The van der Waals surface area contributed by atoms with Gasteiger partial charge in [0.1, 0.15) is 5.25 Å². The number of hydrogen-bond acceptors (Lipinski definition) is 3. The lowest BCUT2D eigenvalue weighted by atomic mass is 10.2. The summed E-state index contributed by atoms with van der Waals surface area (Å²) < 4.78 is 28.4. The van der Waals surface area contributed by atoms with Crippen LogP contribution in [0.1, 0.15) is 31.6 Å². The zero-order valence-electron chi connectivity index (χ0n) is 9.17. The lowest BCUT2D eigenvalue weighted by Crippen LogP contribution is -2.17. The van der Waals surface area contributed by atoms with Crippen LogP contribution in [0.3, 0.4) is 0 Å². The molecular weight excluding hydrogens is 212 g/mol. The monoisotopic (exact) mass is 228 g/mol. The van der Waals surface area contributed by atoms with Crippen molar-refractivity contribution in [3.63, 3.8) is 0 Å². The Bertz CT molecular complexity index is 395. The second-order valence-corrected chi connectivity index (χ2v) is 5.58. The van der Waals surface area contributed by atoms with Crippen LogP contribution in [0, 0.1) is 0 Å². The van der Waals surface area contributed by atoms with Crippen molar-refractivity contribution in [1.82, 2.24) is 0 Å². The molecule has 0 saturated carbocycles. The molecule has 0 aromatic heterocycles. The summed E-state index contributed by atoms with van der Waals surface area (Å²) in [4.78, 5) is 0. The highest BCUT2D eigenvalue weighted by molar-refractivity contribution is 7.87. The molecule has 0 fully saturated rings. The first-order valence-electron chi connectivity index (χ1n) is 4.90. The van der Waals surface area contributed by atoms with Crippen molar-refractivity contribution in [2.75, 3.05) is 0 Å². The van der Waals surface area contributed by atoms with Gasteiger partial charge in [0.05, 0.1) is 6.10 Å². The SMILES string of the molecule is CC(C)OS(=O)(=O)C(C)c1ccccc1. The van der Waals surface area contributed by atoms with E-state index in [4.69, 9.17) is 4.18 Å². The normalized spacial score (nSPS) is 14.1. The van der Waals surface area contributed by atoms with Crippen molar-refractivity contribution in [2.24, 2.45) is 0 Å². The molecule has 0 N–H and O–H groups in total. The summed E-state index contributed by atoms with van der Waals surface area (Å²) in [5, 5.41) is -0.624. The molecule has 15 heavy (non-hydrogen) atoms. The predicted octanol–water partition coefficient (Wildman–Crippen LogP) is 2.50. The first-order chi connectivity index (χ1) is 6.93. The molecule has 0 aliphatic carbocycles. The molecule has 0 aliphatic heterocycles. The fourth-order valence-electron chi connectivity index (χ4n) is 1.24. The second kappa shape index (κ2) is 4.77. The highest BCUT2D eigenvalue weighted by atomic mass is 32.2. The third kappa shape index (κ3) is 3.32. The standard InChI is InChI=1S/C11H16O3S/c1-9(2)14-15(12,13)10(3)11-7-5-4-6-8-11/h4-10H,1-3H3. The van der Waals surface area contributed by atoms with Crippen LogP contribution in [0.2, 0.25) is 0 Å². The molecule has 3 nitrogen and oxygen atoms in total. The topological polar surface area (TPSA) is 43.4 Å². The van der Waals surface area contributed by atoms with Gasteiger partial charge in [-0.15, -0.1) is 0 Å². The molecule has 0 radical (unpaired) electrons. The van der Waals surface area contributed by atoms with Gasteiger partial charge >= 0.3 is 0 Å².